The molecule has 9 heavy (non-hydrogen) atoms. The van der Waals surface area contributed by atoms with E-state index >= 15 is 0 Å². The van der Waals surface area contributed by atoms with E-state index in [1.165, 1.54) is 0 Å². The molecule has 0 rings (SSSR count). The molecule has 9 heteroatoms. The average molecular weight is 190 g/mol. The monoisotopic (exact) mass is 190 g/mol. The van der Waals surface area contributed by atoms with Crippen LogP contribution >= 0.6 is 0 Å². The van der Waals surface area contributed by atoms with Gasteiger partial charge in [0, 0.05) is 10.4 Å². The molecule has 0 aliphatic rings. The number of rotatable bonds is 0. The van der Waals surface area contributed by atoms with E-state index in [2.05, 4.69) is 0 Å². The maximum atomic E-state index is 8.52. The number of hydrogen-bond donors (Lipinski definition) is 1. The first-order valence-corrected chi connectivity index (χ1v) is 3.34. The smallest absolute Gasteiger partial charge is 0.759 e. The first-order chi connectivity index (χ1) is 3.00. The molecule has 0 bridgehead atoms. The number of hydrogen-bond acceptors (Lipinski definition) is 5. The van der Waals surface area contributed by atoms with Crippen molar-refractivity contribution in [1.29, 1.82) is 0 Å². The molecule has 0 aromatic rings. The van der Waals surface area contributed by atoms with Gasteiger partial charge >= 0.3 is 59.1 Å². The van der Waals surface area contributed by atoms with Gasteiger partial charge in [0.1, 0.15) is 10.5 Å². The largest absolute Gasteiger partial charge is 1.00 e. The summed E-state index contributed by atoms with van der Waals surface area (Å²) in [6.07, 6.45) is 0. The predicted octanol–water partition coefficient (Wildman–Crippen LogP) is -9.07. The van der Waals surface area contributed by atoms with Crippen LogP contribution < -0.4 is 59.1 Å². The molecule has 0 fully saturated rings. The third-order valence-electron chi connectivity index (χ3n) is 0. The van der Waals surface area contributed by atoms with Gasteiger partial charge in [-0.25, -0.2) is 0 Å². The second-order valence-electron chi connectivity index (χ2n) is 0.408. The quantitative estimate of drug-likeness (QED) is 0.232. The minimum atomic E-state index is -5.17. The van der Waals surface area contributed by atoms with Crippen LogP contribution in [0.1, 0.15) is 0 Å². The Morgan fingerprint density at radius 3 is 1.11 bits per heavy atom. The van der Waals surface area contributed by atoms with Gasteiger partial charge in [0.25, 0.3) is 0 Å². The summed E-state index contributed by atoms with van der Waals surface area (Å²) in [5.74, 6) is 0. The molecule has 1 N–H and O–H groups in total. The zero-order chi connectivity index (χ0) is 6.50. The second-order valence-corrected chi connectivity index (χ2v) is 1.22. The average Bonchev–Trinajstić information content (AvgIpc) is 1.36. The Hall–Kier alpha value is 2.05. The van der Waals surface area contributed by atoms with Crippen molar-refractivity contribution in [2.75, 3.05) is 0 Å². The van der Waals surface area contributed by atoms with E-state index in [-0.39, 0.29) is 59.1 Å². The summed E-state index contributed by atoms with van der Waals surface area (Å²) in [7, 11) is -4.86. The van der Waals surface area contributed by atoms with Crippen LogP contribution in [0.4, 0.5) is 0 Å². The molecule has 0 aromatic carbocycles. The molecule has 0 aliphatic carbocycles. The molecule has 0 aromatic heterocycles. The summed E-state index contributed by atoms with van der Waals surface area (Å²) in [6.45, 7) is 0. The summed E-state index contributed by atoms with van der Waals surface area (Å²) >= 11 is 0. The normalized spacial score (nSPS) is 7.44. The van der Waals surface area contributed by atoms with Crippen molar-refractivity contribution in [3.05, 3.63) is 0 Å². The van der Waals surface area contributed by atoms with Crippen LogP contribution in [0, 0.1) is 0 Å². The van der Waals surface area contributed by atoms with Gasteiger partial charge < -0.3 is 13.9 Å². The van der Waals surface area contributed by atoms with E-state index in [0.717, 1.165) is 0 Å². The Kier molecular flexibility index (Phi) is 31.7. The van der Waals surface area contributed by atoms with Gasteiger partial charge in [0.2, 0.25) is 0 Å². The standard InChI is InChI=1S/2Na.H2O4S.H4OSi/c;;1-5(2,3)4;1-2/h;;(H2,1,2,3,4);1H,2H3/q2*+1;;/p-2. The van der Waals surface area contributed by atoms with Gasteiger partial charge in [0.15, 0.2) is 0 Å². The summed E-state index contributed by atoms with van der Waals surface area (Å²) in [6, 6.07) is 0. The van der Waals surface area contributed by atoms with Crippen LogP contribution in [-0.4, -0.2) is 32.8 Å². The molecule has 0 radical (unpaired) electrons. The fourth-order valence-electron chi connectivity index (χ4n) is 0. The minimum Gasteiger partial charge on any atom is -0.759 e. The molecule has 0 amide bonds. The van der Waals surface area contributed by atoms with Crippen molar-refractivity contribution >= 4 is 20.9 Å². The Balaban J connectivity index is -0.0000000286. The summed E-state index contributed by atoms with van der Waals surface area (Å²) in [4.78, 5) is 7.14. The molecule has 5 nitrogen and oxygen atoms in total. The molecule has 0 atom stereocenters. The van der Waals surface area contributed by atoms with Gasteiger partial charge in [0.05, 0.1) is 0 Å². The minimum absolute atomic E-state index is 0. The van der Waals surface area contributed by atoms with Crippen LogP contribution in [-0.2, 0) is 10.4 Å². The van der Waals surface area contributed by atoms with E-state index in [1.807, 2.05) is 0 Å². The maximum Gasteiger partial charge on any atom is 1.00 e. The van der Waals surface area contributed by atoms with Crippen LogP contribution in [0.25, 0.3) is 0 Å². The van der Waals surface area contributed by atoms with E-state index < -0.39 is 10.4 Å². The summed E-state index contributed by atoms with van der Waals surface area (Å²) in [5.41, 5.74) is 0. The first-order valence-electron chi connectivity index (χ1n) is 1.11. The van der Waals surface area contributed by atoms with Crippen LogP contribution in [0.15, 0.2) is 0 Å². The molecule has 0 saturated carbocycles. The fourth-order valence-corrected chi connectivity index (χ4v) is 0. The molecule has 0 heterocycles. The first kappa shape index (κ1) is 22.5. The Morgan fingerprint density at radius 2 is 1.11 bits per heavy atom. The van der Waals surface area contributed by atoms with Crippen molar-refractivity contribution in [1.82, 2.24) is 0 Å². The van der Waals surface area contributed by atoms with Crippen molar-refractivity contribution in [2.45, 2.75) is 0 Å². The maximum absolute atomic E-state index is 8.52. The van der Waals surface area contributed by atoms with Crippen molar-refractivity contribution in [2.24, 2.45) is 0 Å². The van der Waals surface area contributed by atoms with E-state index in [1.54, 1.807) is 0 Å². The molecule has 0 saturated heterocycles. The Bertz CT molecular complexity index is 98.1. The van der Waals surface area contributed by atoms with Crippen LogP contribution in [0.5, 0.6) is 0 Å². The topological polar surface area (TPSA) is 100 Å². The third-order valence-corrected chi connectivity index (χ3v) is 0. The predicted molar refractivity (Wildman–Crippen MR) is 22.6 cm³/mol. The Morgan fingerprint density at radius 1 is 1.11 bits per heavy atom. The van der Waals surface area contributed by atoms with Crippen LogP contribution in [0.3, 0.4) is 0 Å². The summed E-state index contributed by atoms with van der Waals surface area (Å²) in [5, 5.41) is 0. The van der Waals surface area contributed by atoms with Gasteiger partial charge in [-0.05, 0) is 0 Å². The third kappa shape index (κ3) is 155. The van der Waals surface area contributed by atoms with E-state index in [0.29, 0.717) is 10.5 Å². The molecular weight excluding hydrogens is 186 g/mol. The second kappa shape index (κ2) is 12.7. The molecule has 0 aliphatic heterocycles. The van der Waals surface area contributed by atoms with Crippen molar-refractivity contribution in [3.8, 4) is 0 Å². The van der Waals surface area contributed by atoms with Gasteiger partial charge in [-0.15, -0.1) is 0 Å². The van der Waals surface area contributed by atoms with Crippen LogP contribution in [0.2, 0.25) is 0 Å². The Labute approximate surface area is 101 Å². The van der Waals surface area contributed by atoms with E-state index in [9.17, 15) is 0 Å². The van der Waals surface area contributed by atoms with Crippen molar-refractivity contribution in [3.63, 3.8) is 0 Å². The van der Waals surface area contributed by atoms with Crippen molar-refractivity contribution < 1.29 is 81.4 Å². The van der Waals surface area contributed by atoms with Gasteiger partial charge in [-0.2, -0.15) is 0 Å². The summed E-state index contributed by atoms with van der Waals surface area (Å²) < 4.78 is 34.1. The SMILES string of the molecule is O=S(=O)([O-])[O-].O[SiH3].[Na+].[Na+]. The molecule has 0 spiro atoms. The van der Waals surface area contributed by atoms with Gasteiger partial charge in [-0.3, -0.25) is 8.42 Å². The zero-order valence-corrected chi connectivity index (χ0v) is 12.3. The molecule has 46 valence electrons. The van der Waals surface area contributed by atoms with E-state index in [4.69, 9.17) is 22.3 Å². The molecule has 0 unspecified atom stereocenters. The zero-order valence-electron chi connectivity index (χ0n) is 5.49. The fraction of sp³-hybridized carbons (Fsp3) is 0. The molecular formula is H4Na2O5SSi. The van der Waals surface area contributed by atoms with Gasteiger partial charge in [-0.1, -0.05) is 0 Å².